The van der Waals surface area contributed by atoms with Crippen LogP contribution in [0.2, 0.25) is 0 Å². The zero-order valence-corrected chi connectivity index (χ0v) is 8.89. The summed E-state index contributed by atoms with van der Waals surface area (Å²) in [4.78, 5) is 0. The third kappa shape index (κ3) is 2.74. The average molecular weight is 185 g/mol. The van der Waals surface area contributed by atoms with E-state index in [1.165, 1.54) is 32.1 Å². The number of rotatable bonds is 3. The molecule has 1 aliphatic carbocycles. The van der Waals surface area contributed by atoms with E-state index in [2.05, 4.69) is 6.66 Å². The molecule has 1 saturated carbocycles. The van der Waals surface area contributed by atoms with Crippen LogP contribution in [0.25, 0.3) is 0 Å². The zero-order valence-electron chi connectivity index (χ0n) is 8.00. The molecule has 0 spiro atoms. The maximum Gasteiger partial charge on any atom is 0.0724 e. The Balaban J connectivity index is 2.41. The molecule has 0 aromatic heterocycles. The van der Waals surface area contributed by atoms with Gasteiger partial charge in [0.2, 0.25) is 0 Å². The van der Waals surface area contributed by atoms with Gasteiger partial charge < -0.3 is 12.7 Å². The van der Waals surface area contributed by atoms with Crippen molar-refractivity contribution in [2.45, 2.75) is 37.8 Å². The van der Waals surface area contributed by atoms with E-state index >= 15 is 0 Å². The summed E-state index contributed by atoms with van der Waals surface area (Å²) in [5.41, 5.74) is 0.749. The number of aliphatic hydroxyl groups excluding tert-OH is 1. The highest BCUT2D eigenvalue weighted by Gasteiger charge is 2.25. The molecule has 0 bridgehead atoms. The highest BCUT2D eigenvalue weighted by atomic mass is 31.2. The van der Waals surface area contributed by atoms with Gasteiger partial charge in [-0.05, 0) is 25.7 Å². The van der Waals surface area contributed by atoms with Crippen LogP contribution in [0.3, 0.4) is 0 Å². The molecule has 1 rings (SSSR count). The van der Waals surface area contributed by atoms with Gasteiger partial charge in [0.05, 0.1) is 6.61 Å². The van der Waals surface area contributed by atoms with E-state index in [-0.39, 0.29) is 6.61 Å². The summed E-state index contributed by atoms with van der Waals surface area (Å²) in [6.07, 6.45) is 7.56. The molecule has 1 aliphatic rings. The molecular weight excluding hydrogens is 166 g/mol. The molecule has 1 atom stereocenters. The fraction of sp³-hybridized carbons (Fsp3) is 1.00. The smallest absolute Gasteiger partial charge is 0.0724 e. The fourth-order valence-corrected chi connectivity index (χ4v) is 4.41. The first kappa shape index (κ1) is 10.5. The molecule has 3 heteroatoms. The Morgan fingerprint density at radius 2 is 1.92 bits per heavy atom. The molecule has 1 fully saturated rings. The van der Waals surface area contributed by atoms with Crippen LogP contribution in [0.15, 0.2) is 0 Å². The minimum absolute atomic E-state index is 0.275. The van der Waals surface area contributed by atoms with Gasteiger partial charge in [-0.25, -0.2) is 7.14 Å². The second-order valence-corrected chi connectivity index (χ2v) is 7.96. The highest BCUT2D eigenvalue weighted by Crippen LogP contribution is 2.58. The first-order valence-corrected chi connectivity index (χ1v) is 7.47. The van der Waals surface area contributed by atoms with Crippen LogP contribution in [-0.2, 0) is 0 Å². The lowest BCUT2D eigenvalue weighted by atomic mass is 10.0. The summed E-state index contributed by atoms with van der Waals surface area (Å²) in [6.45, 7) is 2.47. The summed E-state index contributed by atoms with van der Waals surface area (Å²) in [5, 5.41) is 8.88. The molecule has 0 aliphatic heterocycles. The van der Waals surface area contributed by atoms with Gasteiger partial charge >= 0.3 is 0 Å². The molecular formula is C9H19BOP. The summed E-state index contributed by atoms with van der Waals surface area (Å²) >= 11 is 0. The first-order chi connectivity index (χ1) is 5.67. The fourth-order valence-electron chi connectivity index (χ4n) is 2.07. The van der Waals surface area contributed by atoms with Crippen LogP contribution in [0, 0.1) is 0 Å². The SMILES string of the molecule is [B-][P+](C)(CCO)C1CCCCC1. The van der Waals surface area contributed by atoms with Crippen molar-refractivity contribution in [3.8, 4) is 0 Å². The predicted molar refractivity (Wildman–Crippen MR) is 57.4 cm³/mol. The average Bonchev–Trinajstić information content (AvgIpc) is 2.06. The van der Waals surface area contributed by atoms with Crippen LogP contribution in [0.5, 0.6) is 0 Å². The number of hydrogen-bond donors (Lipinski definition) is 1. The zero-order chi connectivity index (χ0) is 9.03. The quantitative estimate of drug-likeness (QED) is 0.526. The van der Waals surface area contributed by atoms with Crippen molar-refractivity contribution < 1.29 is 5.11 Å². The van der Waals surface area contributed by atoms with E-state index in [0.29, 0.717) is 0 Å². The molecule has 3 radical (unpaired) electrons. The molecule has 69 valence electrons. The van der Waals surface area contributed by atoms with Crippen molar-refractivity contribution >= 4 is 14.7 Å². The molecule has 12 heavy (non-hydrogen) atoms. The van der Waals surface area contributed by atoms with E-state index in [1.54, 1.807) is 0 Å². The standard InChI is InChI=1S/C9H19BOP/c1-12(10,8-7-11)9-5-3-2-4-6-9/h9,11H,2-8H2,1H3. The third-order valence-corrected chi connectivity index (χ3v) is 6.34. The molecule has 1 N–H and O–H groups in total. The minimum atomic E-state index is -1.27. The number of hydrogen-bond acceptors (Lipinski definition) is 1. The van der Waals surface area contributed by atoms with Crippen LogP contribution in [-0.4, -0.2) is 37.8 Å². The van der Waals surface area contributed by atoms with Crippen LogP contribution in [0.4, 0.5) is 0 Å². The molecule has 0 aromatic rings. The van der Waals surface area contributed by atoms with Crippen LogP contribution >= 0.6 is 7.14 Å². The van der Waals surface area contributed by atoms with E-state index in [9.17, 15) is 0 Å². The van der Waals surface area contributed by atoms with Gasteiger partial charge in [0, 0.05) is 18.5 Å². The second kappa shape index (κ2) is 4.62. The van der Waals surface area contributed by atoms with Crippen molar-refractivity contribution in [2.75, 3.05) is 19.4 Å². The van der Waals surface area contributed by atoms with Crippen molar-refractivity contribution in [1.29, 1.82) is 0 Å². The van der Waals surface area contributed by atoms with E-state index in [1.807, 2.05) is 0 Å². The minimum Gasteiger partial charge on any atom is -0.393 e. The molecule has 1 nitrogen and oxygen atoms in total. The van der Waals surface area contributed by atoms with Crippen molar-refractivity contribution in [3.63, 3.8) is 0 Å². The van der Waals surface area contributed by atoms with Gasteiger partial charge in [-0.2, -0.15) is 0 Å². The molecule has 0 saturated heterocycles. The lowest BCUT2D eigenvalue weighted by molar-refractivity contribution is 0.320. The Morgan fingerprint density at radius 3 is 2.42 bits per heavy atom. The van der Waals surface area contributed by atoms with E-state index in [4.69, 9.17) is 12.7 Å². The van der Waals surface area contributed by atoms with Crippen molar-refractivity contribution in [2.24, 2.45) is 0 Å². The Bertz CT molecular complexity index is 132. The lowest BCUT2D eigenvalue weighted by Gasteiger charge is -2.42. The van der Waals surface area contributed by atoms with Gasteiger partial charge in [-0.15, -0.1) is 0 Å². The second-order valence-electron chi connectivity index (χ2n) is 4.09. The van der Waals surface area contributed by atoms with E-state index < -0.39 is 7.14 Å². The summed E-state index contributed by atoms with van der Waals surface area (Å²) in [7, 11) is 4.99. The largest absolute Gasteiger partial charge is 0.393 e. The molecule has 0 aromatic carbocycles. The lowest BCUT2D eigenvalue weighted by Crippen LogP contribution is -2.20. The molecule has 0 amide bonds. The summed E-state index contributed by atoms with van der Waals surface area (Å²) in [5.74, 6) is 0. The Morgan fingerprint density at radius 1 is 1.33 bits per heavy atom. The van der Waals surface area contributed by atoms with Gasteiger partial charge in [-0.3, -0.25) is 0 Å². The Labute approximate surface area is 77.6 Å². The van der Waals surface area contributed by atoms with Crippen molar-refractivity contribution in [1.82, 2.24) is 0 Å². The normalized spacial score (nSPS) is 25.2. The van der Waals surface area contributed by atoms with Crippen LogP contribution in [0.1, 0.15) is 32.1 Å². The monoisotopic (exact) mass is 185 g/mol. The van der Waals surface area contributed by atoms with Gasteiger partial charge in [-0.1, -0.05) is 6.42 Å². The highest BCUT2D eigenvalue weighted by molar-refractivity contribution is 7.97. The van der Waals surface area contributed by atoms with E-state index in [0.717, 1.165) is 11.8 Å². The van der Waals surface area contributed by atoms with Gasteiger partial charge in [0.1, 0.15) is 0 Å². The number of aliphatic hydroxyl groups is 1. The maximum absolute atomic E-state index is 8.88. The Kier molecular flexibility index (Phi) is 4.06. The van der Waals surface area contributed by atoms with Gasteiger partial charge in [0.25, 0.3) is 0 Å². The first-order valence-electron chi connectivity index (χ1n) is 4.91. The van der Waals surface area contributed by atoms with Crippen LogP contribution < -0.4 is 0 Å². The van der Waals surface area contributed by atoms with Gasteiger partial charge in [0.15, 0.2) is 0 Å². The third-order valence-electron chi connectivity index (χ3n) is 2.99. The molecule has 1 unspecified atom stereocenters. The Hall–Kier alpha value is 0.455. The maximum atomic E-state index is 8.88. The molecule has 0 heterocycles. The van der Waals surface area contributed by atoms with Crippen molar-refractivity contribution in [3.05, 3.63) is 0 Å². The predicted octanol–water partition coefficient (Wildman–Crippen LogP) is 2.04. The summed E-state index contributed by atoms with van der Waals surface area (Å²) in [6, 6.07) is 0. The topological polar surface area (TPSA) is 20.2 Å². The summed E-state index contributed by atoms with van der Waals surface area (Å²) < 4.78 is 0.